The third-order valence-electron chi connectivity index (χ3n) is 2.53. The average Bonchev–Trinajstić information content (AvgIpc) is 2.36. The summed E-state index contributed by atoms with van der Waals surface area (Å²) < 4.78 is 0. The van der Waals surface area contributed by atoms with E-state index in [1.165, 1.54) is 6.08 Å². The SMILES string of the molecule is O=C(/C=C/c1c(Cl)cccc1Cl)Nc1cc(Cl)cc(Cl)c1. The molecule has 0 spiro atoms. The minimum Gasteiger partial charge on any atom is -0.322 e. The number of hydrogen-bond acceptors (Lipinski definition) is 1. The van der Waals surface area contributed by atoms with Gasteiger partial charge in [-0.2, -0.15) is 0 Å². The van der Waals surface area contributed by atoms with Crippen molar-refractivity contribution in [3.05, 3.63) is 68.1 Å². The molecule has 21 heavy (non-hydrogen) atoms. The van der Waals surface area contributed by atoms with Gasteiger partial charge in [0.1, 0.15) is 0 Å². The molecule has 0 unspecified atom stereocenters. The van der Waals surface area contributed by atoms with Crippen LogP contribution in [-0.2, 0) is 4.79 Å². The van der Waals surface area contributed by atoms with Crippen molar-refractivity contribution in [3.8, 4) is 0 Å². The molecule has 0 aliphatic carbocycles. The van der Waals surface area contributed by atoms with E-state index in [0.29, 0.717) is 31.3 Å². The van der Waals surface area contributed by atoms with Crippen LogP contribution in [0.3, 0.4) is 0 Å². The molecule has 0 saturated carbocycles. The second kappa shape index (κ2) is 7.19. The highest BCUT2D eigenvalue weighted by molar-refractivity contribution is 6.37. The lowest BCUT2D eigenvalue weighted by Gasteiger charge is -2.04. The van der Waals surface area contributed by atoms with Crippen molar-refractivity contribution in [2.24, 2.45) is 0 Å². The van der Waals surface area contributed by atoms with Crippen LogP contribution in [0, 0.1) is 0 Å². The monoisotopic (exact) mass is 359 g/mol. The molecule has 1 N–H and O–H groups in total. The predicted molar refractivity (Wildman–Crippen MR) is 90.6 cm³/mol. The smallest absolute Gasteiger partial charge is 0.248 e. The number of carbonyl (C=O) groups is 1. The fraction of sp³-hybridized carbons (Fsp3) is 0. The highest BCUT2D eigenvalue weighted by atomic mass is 35.5. The molecular weight excluding hydrogens is 352 g/mol. The van der Waals surface area contributed by atoms with Crippen LogP contribution in [-0.4, -0.2) is 5.91 Å². The summed E-state index contributed by atoms with van der Waals surface area (Å²) in [5, 5.41) is 4.47. The molecule has 2 aromatic rings. The number of rotatable bonds is 3. The minimum atomic E-state index is -0.343. The summed E-state index contributed by atoms with van der Waals surface area (Å²) in [5.41, 5.74) is 1.09. The standard InChI is InChI=1S/C15H9Cl4NO/c16-9-6-10(17)8-11(7-9)20-15(21)5-4-12-13(18)2-1-3-14(12)19/h1-8H,(H,20,21)/b5-4+. The Hall–Kier alpha value is -1.19. The molecule has 1 amide bonds. The van der Waals surface area contributed by atoms with Gasteiger partial charge in [0.05, 0.1) is 0 Å². The van der Waals surface area contributed by atoms with Gasteiger partial charge in [0.2, 0.25) is 5.91 Å². The van der Waals surface area contributed by atoms with Gasteiger partial charge in [0, 0.05) is 37.4 Å². The fourth-order valence-electron chi connectivity index (χ4n) is 1.64. The highest BCUT2D eigenvalue weighted by Crippen LogP contribution is 2.26. The first-order valence-electron chi connectivity index (χ1n) is 5.85. The lowest BCUT2D eigenvalue weighted by molar-refractivity contribution is -0.111. The van der Waals surface area contributed by atoms with Gasteiger partial charge in [-0.3, -0.25) is 4.79 Å². The van der Waals surface area contributed by atoms with Crippen molar-refractivity contribution < 1.29 is 4.79 Å². The summed E-state index contributed by atoms with van der Waals surface area (Å²) in [6, 6.07) is 9.90. The molecule has 0 aliphatic rings. The van der Waals surface area contributed by atoms with Gasteiger partial charge in [-0.25, -0.2) is 0 Å². The van der Waals surface area contributed by atoms with Crippen molar-refractivity contribution in [3.63, 3.8) is 0 Å². The maximum absolute atomic E-state index is 11.9. The Morgan fingerprint density at radius 1 is 0.952 bits per heavy atom. The van der Waals surface area contributed by atoms with Gasteiger partial charge in [0.15, 0.2) is 0 Å². The zero-order chi connectivity index (χ0) is 15.4. The summed E-state index contributed by atoms with van der Waals surface area (Å²) in [5.74, 6) is -0.343. The van der Waals surface area contributed by atoms with E-state index in [9.17, 15) is 4.79 Å². The molecule has 2 aromatic carbocycles. The number of anilines is 1. The van der Waals surface area contributed by atoms with E-state index in [1.807, 2.05) is 0 Å². The normalized spacial score (nSPS) is 10.9. The molecular formula is C15H9Cl4NO. The topological polar surface area (TPSA) is 29.1 Å². The highest BCUT2D eigenvalue weighted by Gasteiger charge is 2.04. The third kappa shape index (κ3) is 4.65. The van der Waals surface area contributed by atoms with Crippen molar-refractivity contribution >= 4 is 64.1 Å². The van der Waals surface area contributed by atoms with Crippen LogP contribution in [0.4, 0.5) is 5.69 Å². The average molecular weight is 361 g/mol. The van der Waals surface area contributed by atoms with Gasteiger partial charge < -0.3 is 5.32 Å². The second-order valence-electron chi connectivity index (χ2n) is 4.12. The van der Waals surface area contributed by atoms with E-state index < -0.39 is 0 Å². The van der Waals surface area contributed by atoms with Crippen LogP contribution in [0.2, 0.25) is 20.1 Å². The van der Waals surface area contributed by atoms with Crippen LogP contribution in [0.25, 0.3) is 6.08 Å². The van der Waals surface area contributed by atoms with E-state index >= 15 is 0 Å². The van der Waals surface area contributed by atoms with Crippen LogP contribution in [0.1, 0.15) is 5.56 Å². The summed E-state index contributed by atoms with van der Waals surface area (Å²) in [7, 11) is 0. The Morgan fingerprint density at radius 2 is 1.52 bits per heavy atom. The number of hydrogen-bond donors (Lipinski definition) is 1. The molecule has 0 aromatic heterocycles. The lowest BCUT2D eigenvalue weighted by Crippen LogP contribution is -2.07. The van der Waals surface area contributed by atoms with Gasteiger partial charge in [0.25, 0.3) is 0 Å². The predicted octanol–water partition coefficient (Wildman–Crippen LogP) is 5.95. The van der Waals surface area contributed by atoms with Crippen LogP contribution in [0.15, 0.2) is 42.5 Å². The fourth-order valence-corrected chi connectivity index (χ4v) is 2.69. The molecule has 6 heteroatoms. The zero-order valence-electron chi connectivity index (χ0n) is 10.5. The molecule has 0 aliphatic heterocycles. The first kappa shape index (κ1) is 16.2. The Bertz CT molecular complexity index is 672. The molecule has 0 atom stereocenters. The molecule has 2 rings (SSSR count). The van der Waals surface area contributed by atoms with Crippen molar-refractivity contribution in [2.45, 2.75) is 0 Å². The quantitative estimate of drug-likeness (QED) is 0.673. The Labute approximate surface area is 142 Å². The molecule has 2 nitrogen and oxygen atoms in total. The van der Waals surface area contributed by atoms with E-state index in [1.54, 1.807) is 42.5 Å². The van der Waals surface area contributed by atoms with E-state index in [2.05, 4.69) is 5.32 Å². The van der Waals surface area contributed by atoms with Crippen molar-refractivity contribution in [2.75, 3.05) is 5.32 Å². The molecule has 0 saturated heterocycles. The van der Waals surface area contributed by atoms with E-state index in [0.717, 1.165) is 0 Å². The number of carbonyl (C=O) groups excluding carboxylic acids is 1. The molecule has 0 heterocycles. The summed E-state index contributed by atoms with van der Waals surface area (Å²) in [6.45, 7) is 0. The Morgan fingerprint density at radius 3 is 2.10 bits per heavy atom. The number of benzene rings is 2. The number of nitrogens with one attached hydrogen (secondary N) is 1. The maximum Gasteiger partial charge on any atom is 0.248 e. The number of amides is 1. The summed E-state index contributed by atoms with van der Waals surface area (Å²) >= 11 is 23.7. The van der Waals surface area contributed by atoms with E-state index in [4.69, 9.17) is 46.4 Å². The van der Waals surface area contributed by atoms with Gasteiger partial charge in [-0.1, -0.05) is 52.5 Å². The van der Waals surface area contributed by atoms with Crippen molar-refractivity contribution in [1.29, 1.82) is 0 Å². The number of halogens is 4. The molecule has 0 radical (unpaired) electrons. The summed E-state index contributed by atoms with van der Waals surface area (Å²) in [4.78, 5) is 11.9. The van der Waals surface area contributed by atoms with Crippen molar-refractivity contribution in [1.82, 2.24) is 0 Å². The first-order chi connectivity index (χ1) is 9.95. The van der Waals surface area contributed by atoms with Crippen LogP contribution in [0.5, 0.6) is 0 Å². The largest absolute Gasteiger partial charge is 0.322 e. The lowest BCUT2D eigenvalue weighted by atomic mass is 10.2. The summed E-state index contributed by atoms with van der Waals surface area (Å²) in [6.07, 6.45) is 2.88. The maximum atomic E-state index is 11.9. The zero-order valence-corrected chi connectivity index (χ0v) is 13.6. The van der Waals surface area contributed by atoms with Gasteiger partial charge in [-0.05, 0) is 36.4 Å². The van der Waals surface area contributed by atoms with E-state index in [-0.39, 0.29) is 5.91 Å². The van der Waals surface area contributed by atoms with Crippen LogP contribution >= 0.6 is 46.4 Å². The molecule has 0 bridgehead atoms. The molecule has 0 fully saturated rings. The van der Waals surface area contributed by atoms with Gasteiger partial charge in [-0.15, -0.1) is 0 Å². The van der Waals surface area contributed by atoms with Gasteiger partial charge >= 0.3 is 0 Å². The van der Waals surface area contributed by atoms with Crippen LogP contribution < -0.4 is 5.32 Å². The second-order valence-corrected chi connectivity index (χ2v) is 5.80. The molecule has 108 valence electrons. The first-order valence-corrected chi connectivity index (χ1v) is 7.36. The minimum absolute atomic E-state index is 0.343. The third-order valence-corrected chi connectivity index (χ3v) is 3.63. The Kier molecular flexibility index (Phi) is 5.54. The Balaban J connectivity index is 2.13.